The van der Waals surface area contributed by atoms with E-state index in [2.05, 4.69) is 19.1 Å². The summed E-state index contributed by atoms with van der Waals surface area (Å²) in [5.41, 5.74) is 2.52. The fraction of sp³-hybridized carbons (Fsp3) is 0.250. The Balaban J connectivity index is 0.000000640. The minimum atomic E-state index is 0. The van der Waals surface area contributed by atoms with Crippen molar-refractivity contribution >= 4 is 0 Å². The predicted octanol–water partition coefficient (Wildman–Crippen LogP) is 2.10. The molecule has 0 atom stereocenters. The molecule has 0 aliphatic heterocycles. The first-order chi connectivity index (χ1) is 3.79. The summed E-state index contributed by atoms with van der Waals surface area (Å²) in [4.78, 5) is 0. The van der Waals surface area contributed by atoms with Crippen LogP contribution in [-0.4, -0.2) is 0 Å². The summed E-state index contributed by atoms with van der Waals surface area (Å²) in [6, 6.07) is 9.18. The van der Waals surface area contributed by atoms with Crippen LogP contribution in [0.2, 0.25) is 0 Å². The van der Waals surface area contributed by atoms with Crippen molar-refractivity contribution in [2.45, 2.75) is 13.8 Å². The van der Waals surface area contributed by atoms with Gasteiger partial charge in [0, 0.05) is 18.6 Å². The van der Waals surface area contributed by atoms with Crippen LogP contribution in [0.15, 0.2) is 18.2 Å². The number of rotatable bonds is 0. The summed E-state index contributed by atoms with van der Waals surface area (Å²) in [5.74, 6) is 0. The zero-order valence-electron chi connectivity index (χ0n) is 5.68. The molecule has 0 saturated heterocycles. The molecule has 1 aromatic rings. The molecule has 1 aromatic carbocycles. The van der Waals surface area contributed by atoms with Crippen molar-refractivity contribution in [2.24, 2.45) is 0 Å². The van der Waals surface area contributed by atoms with Gasteiger partial charge in [0.15, 0.2) is 0 Å². The molecular weight excluding hydrogens is 147 g/mol. The van der Waals surface area contributed by atoms with Gasteiger partial charge in [0.2, 0.25) is 0 Å². The van der Waals surface area contributed by atoms with Gasteiger partial charge in [-0.3, -0.25) is 0 Å². The van der Waals surface area contributed by atoms with Crippen LogP contribution in [0.3, 0.4) is 0 Å². The second-order valence-electron chi connectivity index (χ2n) is 2.05. The molecule has 0 aromatic heterocycles. The summed E-state index contributed by atoms with van der Waals surface area (Å²) in [5, 5.41) is 0. The molecule has 0 amide bonds. The van der Waals surface area contributed by atoms with Gasteiger partial charge in [-0.1, -0.05) is 13.8 Å². The topological polar surface area (TPSA) is 0 Å². The molecule has 0 saturated carbocycles. The zero-order chi connectivity index (χ0) is 5.98. The Kier molecular flexibility index (Phi) is 3.68. The molecule has 0 spiro atoms. The molecule has 0 heterocycles. The third kappa shape index (κ3) is 2.74. The molecule has 0 bridgehead atoms. The van der Waals surface area contributed by atoms with Gasteiger partial charge in [0.05, 0.1) is 0 Å². The summed E-state index contributed by atoms with van der Waals surface area (Å²) < 4.78 is 0. The van der Waals surface area contributed by atoms with Crippen molar-refractivity contribution < 1.29 is 18.6 Å². The summed E-state index contributed by atoms with van der Waals surface area (Å²) in [6.07, 6.45) is 0. The minimum absolute atomic E-state index is 0. The van der Waals surface area contributed by atoms with Crippen molar-refractivity contribution in [1.82, 2.24) is 0 Å². The summed E-state index contributed by atoms with van der Waals surface area (Å²) in [6.45, 7) is 4.13. The first kappa shape index (κ1) is 8.80. The van der Waals surface area contributed by atoms with Crippen molar-refractivity contribution in [3.05, 3.63) is 35.4 Å². The first-order valence-electron chi connectivity index (χ1n) is 2.74. The molecule has 0 nitrogen and oxygen atoms in total. The van der Waals surface area contributed by atoms with E-state index in [9.17, 15) is 0 Å². The Morgan fingerprint density at radius 1 is 1.33 bits per heavy atom. The largest absolute Gasteiger partial charge is 0.181 e. The number of benzene rings is 1. The van der Waals surface area contributed by atoms with E-state index in [4.69, 9.17) is 0 Å². The molecule has 47 valence electrons. The van der Waals surface area contributed by atoms with Crippen molar-refractivity contribution in [3.8, 4) is 0 Å². The molecule has 1 rings (SSSR count). The van der Waals surface area contributed by atoms with Crippen LogP contribution < -0.4 is 0 Å². The average molecular weight is 156 g/mol. The van der Waals surface area contributed by atoms with E-state index in [0.717, 1.165) is 0 Å². The van der Waals surface area contributed by atoms with Crippen LogP contribution in [0, 0.1) is 19.9 Å². The van der Waals surface area contributed by atoms with Gasteiger partial charge in [-0.15, -0.1) is 0 Å². The zero-order valence-corrected chi connectivity index (χ0v) is 7.08. The standard InChI is InChI=1S/C8H9.V/c1-7-4-3-5-8(2)6-7;/h3-4,6H,1-2H3;/q-1;. The van der Waals surface area contributed by atoms with E-state index in [1.165, 1.54) is 11.1 Å². The van der Waals surface area contributed by atoms with E-state index in [1.807, 2.05) is 19.1 Å². The van der Waals surface area contributed by atoms with Crippen molar-refractivity contribution in [3.63, 3.8) is 0 Å². The van der Waals surface area contributed by atoms with E-state index in [0.29, 0.717) is 0 Å². The van der Waals surface area contributed by atoms with Crippen molar-refractivity contribution in [2.75, 3.05) is 0 Å². The molecule has 1 radical (unpaired) electrons. The Hall–Kier alpha value is -0.196. The summed E-state index contributed by atoms with van der Waals surface area (Å²) in [7, 11) is 0. The van der Waals surface area contributed by atoms with Gasteiger partial charge in [-0.05, 0) is 0 Å². The van der Waals surface area contributed by atoms with Crippen LogP contribution in [0.1, 0.15) is 11.1 Å². The van der Waals surface area contributed by atoms with Gasteiger partial charge in [0.25, 0.3) is 0 Å². The molecule has 0 unspecified atom stereocenters. The monoisotopic (exact) mass is 156 g/mol. The number of hydrogen-bond donors (Lipinski definition) is 0. The molecule has 0 aliphatic rings. The Morgan fingerprint density at radius 2 is 2.00 bits per heavy atom. The maximum absolute atomic E-state index is 3.07. The minimum Gasteiger partial charge on any atom is -0.181 e. The Labute approximate surface area is 68.2 Å². The fourth-order valence-electron chi connectivity index (χ4n) is 0.736. The molecular formula is C8H9V-. The van der Waals surface area contributed by atoms with Gasteiger partial charge in [-0.2, -0.15) is 35.4 Å². The maximum atomic E-state index is 3.07. The van der Waals surface area contributed by atoms with Gasteiger partial charge in [0.1, 0.15) is 0 Å². The van der Waals surface area contributed by atoms with Crippen LogP contribution >= 0.6 is 0 Å². The first-order valence-corrected chi connectivity index (χ1v) is 2.74. The number of aryl methyl sites for hydroxylation is 2. The van der Waals surface area contributed by atoms with E-state index in [-0.39, 0.29) is 18.6 Å². The second-order valence-corrected chi connectivity index (χ2v) is 2.05. The van der Waals surface area contributed by atoms with Crippen molar-refractivity contribution in [1.29, 1.82) is 0 Å². The molecule has 1 heteroatoms. The predicted molar refractivity (Wildman–Crippen MR) is 34.8 cm³/mol. The van der Waals surface area contributed by atoms with Gasteiger partial charge >= 0.3 is 0 Å². The smallest absolute Gasteiger partial charge is 0 e. The van der Waals surface area contributed by atoms with Gasteiger partial charge in [-0.25, -0.2) is 0 Å². The average Bonchev–Trinajstić information content (AvgIpc) is 1.64. The van der Waals surface area contributed by atoms with E-state index < -0.39 is 0 Å². The van der Waals surface area contributed by atoms with Gasteiger partial charge < -0.3 is 0 Å². The summed E-state index contributed by atoms with van der Waals surface area (Å²) >= 11 is 0. The molecule has 0 aliphatic carbocycles. The SMILES string of the molecule is Cc1[c-]ccc(C)c1.[V]. The van der Waals surface area contributed by atoms with Crippen LogP contribution in [-0.2, 0) is 18.6 Å². The van der Waals surface area contributed by atoms with Crippen LogP contribution in [0.4, 0.5) is 0 Å². The molecule has 0 N–H and O–H groups in total. The molecule has 0 fully saturated rings. The second kappa shape index (κ2) is 3.76. The van der Waals surface area contributed by atoms with E-state index >= 15 is 0 Å². The normalized spacial score (nSPS) is 8.22. The quantitative estimate of drug-likeness (QED) is 0.504. The Bertz CT molecular complexity index is 164. The third-order valence-corrected chi connectivity index (χ3v) is 1.10. The molecule has 9 heavy (non-hydrogen) atoms. The maximum Gasteiger partial charge on any atom is 0 e. The third-order valence-electron chi connectivity index (χ3n) is 1.10. The van der Waals surface area contributed by atoms with Crippen LogP contribution in [0.25, 0.3) is 0 Å². The fourth-order valence-corrected chi connectivity index (χ4v) is 0.736. The van der Waals surface area contributed by atoms with Crippen LogP contribution in [0.5, 0.6) is 0 Å². The number of hydrogen-bond acceptors (Lipinski definition) is 0. The van der Waals surface area contributed by atoms with E-state index in [1.54, 1.807) is 0 Å². The Morgan fingerprint density at radius 3 is 2.33 bits per heavy atom.